The van der Waals surface area contributed by atoms with Crippen LogP contribution in [0.3, 0.4) is 0 Å². The molecule has 9 rings (SSSR count). The quantitative estimate of drug-likeness (QED) is 0.0489. The Labute approximate surface area is 494 Å². The van der Waals surface area contributed by atoms with Crippen LogP contribution < -0.4 is 0 Å². The van der Waals surface area contributed by atoms with Crippen LogP contribution in [-0.2, 0) is 52.2 Å². The van der Waals surface area contributed by atoms with E-state index in [2.05, 4.69) is 27.7 Å². The van der Waals surface area contributed by atoms with E-state index >= 15 is 0 Å². The van der Waals surface area contributed by atoms with E-state index in [0.717, 1.165) is 5.57 Å². The van der Waals surface area contributed by atoms with E-state index in [1.54, 1.807) is 13.0 Å². The van der Waals surface area contributed by atoms with Crippen LogP contribution in [0.15, 0.2) is 11.6 Å². The summed E-state index contributed by atoms with van der Waals surface area (Å²) < 4.78 is 61.2. The molecule has 0 spiro atoms. The number of hydrogen-bond acceptors (Lipinski definition) is 27. The lowest BCUT2D eigenvalue weighted by Gasteiger charge is -2.70. The molecule has 33 atom stereocenters. The smallest absolute Gasteiger partial charge is 0.187 e. The maximum Gasteiger partial charge on any atom is 0.187 e. The second-order valence-corrected chi connectivity index (χ2v) is 27.6. The molecule has 9 aliphatic rings. The highest BCUT2D eigenvalue weighted by molar-refractivity contribution is 5.86. The van der Waals surface area contributed by atoms with E-state index in [-0.39, 0.29) is 37.1 Å². The standard InChI is InChI=1S/C58H96O27/c1-23(2)15-25(79-51-45(74)41(70)38(67)30(18-59)80-51)16-57(8,75)35-26-9-10-33-55(6)13-12-34(54(4,5)32(55)11-14-56(33,7)58(26,22-61)17-27(35)62)82-52-48(85-50-44(73)40(69)36(65)24(3)78-50)46(29(64)21-77-52)83-53-47(42(71)39(68)31(19-60)81-53)84-49-43(72)37(66)28(63)20-76-49/h15,24-26,28-53,59-61,63-75H,9-14,16-22H2,1-8H3/t24-,25-,26+,28+,29-,30+,31+,32-,33+,34-,35+,36-,37-,38+,39+,40+,41-,42-,43+,44+,45+,46-,47+,48+,49-,50-,51+,52-,53-,55-,56+,57-,58-/m0/s1. The molecule has 27 heteroatoms. The number of allylic oxidation sites excluding steroid dienone is 1. The topological polar surface area (TPSA) is 433 Å². The summed E-state index contributed by atoms with van der Waals surface area (Å²) in [7, 11) is 0. The number of fused-ring (bicyclic) bond motifs is 5. The third-order valence-electron chi connectivity index (χ3n) is 21.7. The first-order valence-corrected chi connectivity index (χ1v) is 30.2. The van der Waals surface area contributed by atoms with Gasteiger partial charge in [0.05, 0.1) is 50.3 Å². The zero-order valence-corrected chi connectivity index (χ0v) is 49.7. The second kappa shape index (κ2) is 25.8. The monoisotopic (exact) mass is 1220 g/mol. The summed E-state index contributed by atoms with van der Waals surface area (Å²) in [6.45, 7) is 12.5. The summed E-state index contributed by atoms with van der Waals surface area (Å²) >= 11 is 0. The first kappa shape index (κ1) is 67.8. The lowest BCUT2D eigenvalue weighted by molar-refractivity contribution is -0.398. The van der Waals surface area contributed by atoms with Crippen molar-refractivity contribution in [2.45, 2.75) is 266 Å². The van der Waals surface area contributed by atoms with Gasteiger partial charge in [0.15, 0.2) is 31.5 Å². The van der Waals surface area contributed by atoms with Gasteiger partial charge in [-0.25, -0.2) is 0 Å². The van der Waals surface area contributed by atoms with Crippen molar-refractivity contribution in [1.82, 2.24) is 0 Å². The van der Waals surface area contributed by atoms with Crippen molar-refractivity contribution in [3.05, 3.63) is 11.6 Å². The molecule has 4 aliphatic carbocycles. The van der Waals surface area contributed by atoms with Crippen LogP contribution in [0.2, 0.25) is 0 Å². The van der Waals surface area contributed by atoms with Gasteiger partial charge in [0.25, 0.3) is 0 Å². The van der Waals surface area contributed by atoms with Crippen molar-refractivity contribution < 1.29 is 134 Å². The molecule has 0 aromatic rings. The van der Waals surface area contributed by atoms with Crippen molar-refractivity contribution in [2.24, 2.45) is 45.3 Å². The van der Waals surface area contributed by atoms with Gasteiger partial charge in [-0.2, -0.15) is 0 Å². The molecule has 5 saturated heterocycles. The second-order valence-electron chi connectivity index (χ2n) is 27.6. The minimum Gasteiger partial charge on any atom is -0.396 e. The van der Waals surface area contributed by atoms with Crippen LogP contribution in [-0.4, -0.2) is 280 Å². The van der Waals surface area contributed by atoms with Gasteiger partial charge < -0.3 is 129 Å². The van der Waals surface area contributed by atoms with Gasteiger partial charge in [-0.3, -0.25) is 4.79 Å². The summed E-state index contributed by atoms with van der Waals surface area (Å²) in [6, 6.07) is 0. The predicted molar refractivity (Wildman–Crippen MR) is 287 cm³/mol. The van der Waals surface area contributed by atoms with E-state index in [4.69, 9.17) is 47.4 Å². The number of carbonyl (C=O) groups excluding carboxylic acids is 1. The fourth-order valence-electron chi connectivity index (χ4n) is 17.2. The number of ketones is 1. The summed E-state index contributed by atoms with van der Waals surface area (Å²) in [5, 5.41) is 175. The molecule has 0 radical (unpaired) electrons. The average Bonchev–Trinajstić information content (AvgIpc) is 1.67. The van der Waals surface area contributed by atoms with Crippen LogP contribution in [0, 0.1) is 45.3 Å². The van der Waals surface area contributed by atoms with Crippen LogP contribution in [0.1, 0.15) is 107 Å². The molecule has 0 amide bonds. The SMILES string of the molecule is CC(C)=C[C@@H](C[C@](C)(O)[C@H]1C(=O)C[C@]2(CO)[C@@H]1CC[C@@H]1[C@@]3(C)CC[C@H](O[C@@H]4OC[C@H](O)[C@H](O[C@@H]5O[C@H](CO)[C@@H](O)[C@H](O)[C@H]5O[C@@H]5OC[C@@H](O)[C@H](O)[C@H]5O)[C@H]4O[C@@H]4O[C@@H](C)[C@H](O)[C@@H](O)[C@H]4O)C(C)(C)[C@@H]3CC[C@]12C)O[C@@H]1O[C@H](CO)[C@@H](O)[C@H](O)[C@H]1O. The fourth-order valence-corrected chi connectivity index (χ4v) is 17.2. The van der Waals surface area contributed by atoms with Gasteiger partial charge in [0, 0.05) is 30.8 Å². The highest BCUT2D eigenvalue weighted by Gasteiger charge is 2.73. The van der Waals surface area contributed by atoms with Crippen molar-refractivity contribution in [2.75, 3.05) is 33.0 Å². The minimum atomic E-state index is -1.93. The Hall–Kier alpha value is -1.63. The van der Waals surface area contributed by atoms with Crippen LogP contribution in [0.4, 0.5) is 0 Å². The summed E-state index contributed by atoms with van der Waals surface area (Å²) in [4.78, 5) is 14.8. The zero-order valence-electron chi connectivity index (χ0n) is 49.7. The number of rotatable bonds is 17. The molecule has 490 valence electrons. The third kappa shape index (κ3) is 12.1. The van der Waals surface area contributed by atoms with Crippen molar-refractivity contribution >= 4 is 5.78 Å². The molecule has 5 heterocycles. The van der Waals surface area contributed by atoms with Crippen LogP contribution in [0.5, 0.6) is 0 Å². The molecule has 0 unspecified atom stereocenters. The summed E-state index contributed by atoms with van der Waals surface area (Å²) in [5.41, 5.74) is -3.58. The lowest BCUT2D eigenvalue weighted by Crippen LogP contribution is -2.67. The molecule has 0 bridgehead atoms. The lowest BCUT2D eigenvalue weighted by atomic mass is 9.35. The molecule has 16 N–H and O–H groups in total. The van der Waals surface area contributed by atoms with Crippen molar-refractivity contribution in [3.8, 4) is 0 Å². The van der Waals surface area contributed by atoms with Crippen LogP contribution >= 0.6 is 0 Å². The van der Waals surface area contributed by atoms with Gasteiger partial charge in [0.2, 0.25) is 0 Å². The number of hydrogen-bond donors (Lipinski definition) is 16. The summed E-state index contributed by atoms with van der Waals surface area (Å²) in [6.07, 6.45) is -34.3. The Morgan fingerprint density at radius 3 is 1.84 bits per heavy atom. The highest BCUT2D eigenvalue weighted by Crippen LogP contribution is 2.75. The van der Waals surface area contributed by atoms with Gasteiger partial charge in [-0.1, -0.05) is 39.3 Å². The fraction of sp³-hybridized carbons (Fsp3) is 0.948. The molecular formula is C58H96O27. The van der Waals surface area contributed by atoms with Crippen LogP contribution in [0.25, 0.3) is 0 Å². The van der Waals surface area contributed by atoms with Gasteiger partial charge in [-0.05, 0) is 100 Å². The zero-order chi connectivity index (χ0) is 62.4. The Morgan fingerprint density at radius 1 is 0.612 bits per heavy atom. The number of aliphatic hydroxyl groups excluding tert-OH is 15. The van der Waals surface area contributed by atoms with Gasteiger partial charge in [-0.15, -0.1) is 0 Å². The predicted octanol–water partition coefficient (Wildman–Crippen LogP) is -3.92. The van der Waals surface area contributed by atoms with Crippen molar-refractivity contribution in [1.29, 1.82) is 0 Å². The maximum absolute atomic E-state index is 14.8. The molecule has 5 aliphatic heterocycles. The minimum absolute atomic E-state index is 0.0188. The van der Waals surface area contributed by atoms with E-state index in [1.807, 2.05) is 13.8 Å². The largest absolute Gasteiger partial charge is 0.396 e. The number of carbonyl (C=O) groups is 1. The molecule has 9 fully saturated rings. The maximum atomic E-state index is 14.8. The van der Waals surface area contributed by atoms with E-state index in [0.29, 0.717) is 38.5 Å². The van der Waals surface area contributed by atoms with E-state index < -0.39 is 219 Å². The van der Waals surface area contributed by atoms with Gasteiger partial charge >= 0.3 is 0 Å². The third-order valence-corrected chi connectivity index (χ3v) is 21.7. The van der Waals surface area contributed by atoms with E-state index in [1.165, 1.54) is 6.92 Å². The molecule has 0 aromatic carbocycles. The Morgan fingerprint density at radius 2 is 1.19 bits per heavy atom. The number of aliphatic hydroxyl groups is 16. The Bertz CT molecular complexity index is 2290. The molecular weight excluding hydrogens is 1130 g/mol. The Balaban J connectivity index is 0.960. The first-order chi connectivity index (χ1) is 39.8. The van der Waals surface area contributed by atoms with Gasteiger partial charge in [0.1, 0.15) is 110 Å². The number of Topliss-reactive ketones (excluding diaryl/α,β-unsaturated/α-hetero) is 1. The molecule has 4 saturated carbocycles. The molecule has 0 aromatic heterocycles. The molecule has 27 nitrogen and oxygen atoms in total. The summed E-state index contributed by atoms with van der Waals surface area (Å²) in [5.74, 6) is -1.66. The van der Waals surface area contributed by atoms with Crippen molar-refractivity contribution in [3.63, 3.8) is 0 Å². The number of ether oxygens (including phenoxy) is 10. The normalized spacial score (nSPS) is 52.1. The first-order valence-electron chi connectivity index (χ1n) is 30.2. The average molecular weight is 1230 g/mol. The molecule has 85 heavy (non-hydrogen) atoms. The van der Waals surface area contributed by atoms with E-state index in [9.17, 15) is 86.5 Å². The highest BCUT2D eigenvalue weighted by atomic mass is 16.8. The Kier molecular flexibility index (Phi) is 20.6.